The third-order valence-corrected chi connectivity index (χ3v) is 4.70. The number of nitrogens with one attached hydrogen (secondary N) is 1. The molecule has 0 fully saturated rings. The number of benzene rings is 1. The van der Waals surface area contributed by atoms with Crippen LogP contribution in [-0.4, -0.2) is 30.6 Å². The Hall–Kier alpha value is -0.970. The van der Waals surface area contributed by atoms with E-state index in [1.54, 1.807) is 6.07 Å². The highest BCUT2D eigenvalue weighted by molar-refractivity contribution is 5.28. The van der Waals surface area contributed by atoms with Crippen LogP contribution < -0.4 is 11.3 Å². The summed E-state index contributed by atoms with van der Waals surface area (Å²) in [5, 5.41) is 0. The second-order valence-corrected chi connectivity index (χ2v) is 5.70. The van der Waals surface area contributed by atoms with Crippen LogP contribution >= 0.6 is 0 Å². The van der Waals surface area contributed by atoms with E-state index < -0.39 is 0 Å². The fraction of sp³-hybridized carbons (Fsp3) is 0.625. The highest BCUT2D eigenvalue weighted by atomic mass is 19.1. The van der Waals surface area contributed by atoms with Crippen molar-refractivity contribution < 1.29 is 4.39 Å². The lowest BCUT2D eigenvalue weighted by atomic mass is 9.80. The Kier molecular flexibility index (Phi) is 6.11. The number of nitrogens with zero attached hydrogens (tertiary/aromatic N) is 1. The van der Waals surface area contributed by atoms with Gasteiger partial charge in [0.1, 0.15) is 5.82 Å². The van der Waals surface area contributed by atoms with Crippen LogP contribution in [0.1, 0.15) is 37.8 Å². The third-order valence-electron chi connectivity index (χ3n) is 4.70. The summed E-state index contributed by atoms with van der Waals surface area (Å²) in [7, 11) is 4.16. The van der Waals surface area contributed by atoms with E-state index in [0.717, 1.165) is 30.4 Å². The highest BCUT2D eigenvalue weighted by Crippen LogP contribution is 2.28. The van der Waals surface area contributed by atoms with E-state index in [-0.39, 0.29) is 17.4 Å². The van der Waals surface area contributed by atoms with Gasteiger partial charge in [-0.15, -0.1) is 0 Å². The van der Waals surface area contributed by atoms with Crippen LogP contribution in [0.15, 0.2) is 18.2 Å². The summed E-state index contributed by atoms with van der Waals surface area (Å²) in [5.41, 5.74) is 5.04. The topological polar surface area (TPSA) is 41.3 Å². The highest BCUT2D eigenvalue weighted by Gasteiger charge is 2.37. The van der Waals surface area contributed by atoms with Crippen molar-refractivity contribution in [3.63, 3.8) is 0 Å². The number of rotatable bonds is 7. The zero-order chi connectivity index (χ0) is 15.3. The second kappa shape index (κ2) is 7.16. The van der Waals surface area contributed by atoms with Crippen molar-refractivity contribution in [1.29, 1.82) is 0 Å². The van der Waals surface area contributed by atoms with Gasteiger partial charge in [-0.25, -0.2) is 4.39 Å². The van der Waals surface area contributed by atoms with E-state index in [9.17, 15) is 4.39 Å². The van der Waals surface area contributed by atoms with Crippen molar-refractivity contribution >= 4 is 0 Å². The number of nitrogens with two attached hydrogens (primary N) is 1. The fourth-order valence-electron chi connectivity index (χ4n) is 3.17. The Bertz CT molecular complexity index is 428. The average Bonchev–Trinajstić information content (AvgIpc) is 2.42. The molecule has 1 aromatic rings. The lowest BCUT2D eigenvalue weighted by molar-refractivity contribution is 0.0881. The van der Waals surface area contributed by atoms with E-state index in [1.165, 1.54) is 6.07 Å². The van der Waals surface area contributed by atoms with E-state index in [2.05, 4.69) is 38.3 Å². The Morgan fingerprint density at radius 3 is 2.35 bits per heavy atom. The van der Waals surface area contributed by atoms with Gasteiger partial charge in [0.2, 0.25) is 0 Å². The van der Waals surface area contributed by atoms with Crippen LogP contribution in [0.2, 0.25) is 0 Å². The summed E-state index contributed by atoms with van der Waals surface area (Å²) in [4.78, 5) is 2.23. The van der Waals surface area contributed by atoms with Gasteiger partial charge in [0.15, 0.2) is 0 Å². The van der Waals surface area contributed by atoms with Gasteiger partial charge in [0, 0.05) is 11.6 Å². The van der Waals surface area contributed by atoms with E-state index in [0.29, 0.717) is 0 Å². The first kappa shape index (κ1) is 17.1. The summed E-state index contributed by atoms with van der Waals surface area (Å²) in [6.07, 6.45) is 2.69. The van der Waals surface area contributed by atoms with Crippen LogP contribution in [0.3, 0.4) is 0 Å². The number of halogens is 1. The molecule has 3 nitrogen and oxygen atoms in total. The quantitative estimate of drug-likeness (QED) is 0.596. The molecule has 0 saturated heterocycles. The normalized spacial score (nSPS) is 13.8. The van der Waals surface area contributed by atoms with Crippen LogP contribution in [-0.2, 0) is 6.42 Å². The zero-order valence-electron chi connectivity index (χ0n) is 13.3. The van der Waals surface area contributed by atoms with Crippen molar-refractivity contribution in [2.75, 3.05) is 14.1 Å². The van der Waals surface area contributed by atoms with Gasteiger partial charge in [-0.05, 0) is 63.5 Å². The van der Waals surface area contributed by atoms with Crippen molar-refractivity contribution in [3.05, 3.63) is 35.1 Å². The lowest BCUT2D eigenvalue weighted by Gasteiger charge is -2.45. The summed E-state index contributed by atoms with van der Waals surface area (Å²) in [5.74, 6) is 5.62. The fourth-order valence-corrected chi connectivity index (χ4v) is 3.17. The molecule has 20 heavy (non-hydrogen) atoms. The van der Waals surface area contributed by atoms with Gasteiger partial charge in [0.05, 0.1) is 0 Å². The minimum absolute atomic E-state index is 0.0342. The SMILES string of the molecule is CCC(CC)(C(Cc1cc(F)ccc1C)NN)N(C)C. The van der Waals surface area contributed by atoms with Crippen LogP contribution in [0.4, 0.5) is 4.39 Å². The van der Waals surface area contributed by atoms with E-state index >= 15 is 0 Å². The number of aryl methyl sites for hydroxylation is 1. The molecule has 0 amide bonds. The molecule has 0 saturated carbocycles. The predicted octanol–water partition coefficient (Wildman–Crippen LogP) is 2.63. The van der Waals surface area contributed by atoms with Crippen LogP contribution in [0, 0.1) is 12.7 Å². The molecule has 0 aliphatic carbocycles. The second-order valence-electron chi connectivity index (χ2n) is 5.70. The summed E-state index contributed by atoms with van der Waals surface area (Å²) >= 11 is 0. The Labute approximate surface area is 122 Å². The van der Waals surface area contributed by atoms with Crippen molar-refractivity contribution in [2.45, 2.75) is 51.6 Å². The number of hydrogen-bond donors (Lipinski definition) is 2. The molecule has 114 valence electrons. The van der Waals surface area contributed by atoms with Crippen LogP contribution in [0.5, 0.6) is 0 Å². The van der Waals surface area contributed by atoms with E-state index in [1.807, 2.05) is 13.0 Å². The zero-order valence-corrected chi connectivity index (χ0v) is 13.3. The smallest absolute Gasteiger partial charge is 0.123 e. The molecule has 1 atom stereocenters. The first-order valence-corrected chi connectivity index (χ1v) is 7.29. The molecule has 0 aromatic heterocycles. The molecule has 4 heteroatoms. The number of hydrazine groups is 1. The molecule has 0 aliphatic heterocycles. The van der Waals surface area contributed by atoms with Gasteiger partial charge >= 0.3 is 0 Å². The average molecular weight is 281 g/mol. The molecule has 1 rings (SSSR count). The maximum atomic E-state index is 13.5. The van der Waals surface area contributed by atoms with Gasteiger partial charge in [0.25, 0.3) is 0 Å². The first-order chi connectivity index (χ1) is 9.41. The lowest BCUT2D eigenvalue weighted by Crippen LogP contribution is -2.61. The van der Waals surface area contributed by atoms with Crippen molar-refractivity contribution in [3.8, 4) is 0 Å². The van der Waals surface area contributed by atoms with Crippen molar-refractivity contribution in [1.82, 2.24) is 10.3 Å². The molecule has 0 heterocycles. The maximum Gasteiger partial charge on any atom is 0.123 e. The first-order valence-electron chi connectivity index (χ1n) is 7.29. The Balaban J connectivity index is 3.09. The Morgan fingerprint density at radius 1 is 1.30 bits per heavy atom. The molecule has 1 unspecified atom stereocenters. The summed E-state index contributed by atoms with van der Waals surface area (Å²) in [6.45, 7) is 6.36. The molecular formula is C16H28FN3. The molecular weight excluding hydrogens is 253 g/mol. The molecule has 0 radical (unpaired) electrons. The van der Waals surface area contributed by atoms with Gasteiger partial charge in [-0.1, -0.05) is 19.9 Å². The summed E-state index contributed by atoms with van der Waals surface area (Å²) < 4.78 is 13.5. The van der Waals surface area contributed by atoms with Crippen LogP contribution in [0.25, 0.3) is 0 Å². The van der Waals surface area contributed by atoms with Gasteiger partial charge in [-0.2, -0.15) is 0 Å². The number of hydrogen-bond acceptors (Lipinski definition) is 3. The van der Waals surface area contributed by atoms with E-state index in [4.69, 9.17) is 5.84 Å². The minimum Gasteiger partial charge on any atom is -0.302 e. The molecule has 0 aliphatic rings. The monoisotopic (exact) mass is 281 g/mol. The third kappa shape index (κ3) is 3.37. The molecule has 0 bridgehead atoms. The number of likely N-dealkylation sites (N-methyl/N-ethyl adjacent to an activating group) is 1. The van der Waals surface area contributed by atoms with Gasteiger partial charge < -0.3 is 4.90 Å². The largest absolute Gasteiger partial charge is 0.302 e. The Morgan fingerprint density at radius 2 is 1.90 bits per heavy atom. The molecule has 1 aromatic carbocycles. The van der Waals surface area contributed by atoms with Crippen molar-refractivity contribution in [2.24, 2.45) is 5.84 Å². The maximum absolute atomic E-state index is 13.5. The minimum atomic E-state index is -0.190. The summed E-state index contributed by atoms with van der Waals surface area (Å²) in [6, 6.07) is 5.02. The molecule has 3 N–H and O–H groups in total. The standard InChI is InChI=1S/C16H28FN3/c1-6-16(7-2,20(4)5)15(19-18)11-13-10-14(17)9-8-12(13)3/h8-10,15,19H,6-7,11,18H2,1-5H3. The predicted molar refractivity (Wildman–Crippen MR) is 83.0 cm³/mol. The molecule has 0 spiro atoms. The van der Waals surface area contributed by atoms with Gasteiger partial charge in [-0.3, -0.25) is 11.3 Å².